The molecule has 1 aromatic heterocycles. The Morgan fingerprint density at radius 2 is 1.77 bits per heavy atom. The maximum atomic E-state index is 12.5. The molecule has 1 spiro atoms. The van der Waals surface area contributed by atoms with Gasteiger partial charge in [0.25, 0.3) is 0 Å². The number of rotatable bonds is 2. The lowest BCUT2D eigenvalue weighted by molar-refractivity contribution is 0.182. The molecule has 2 aliphatic rings. The molecule has 122 valence electrons. The first kappa shape index (κ1) is 15.3. The first-order chi connectivity index (χ1) is 10.3. The maximum Gasteiger partial charge on any atom is 0.332 e. The van der Waals surface area contributed by atoms with E-state index in [1.165, 1.54) is 4.68 Å². The maximum absolute atomic E-state index is 12.5. The zero-order valence-corrected chi connectivity index (χ0v) is 13.9. The monoisotopic (exact) mass is 307 g/mol. The average Bonchev–Trinajstić information content (AvgIpc) is 2.73. The fourth-order valence-corrected chi connectivity index (χ4v) is 3.53. The molecule has 0 atom stereocenters. The standard InChI is InChI=1S/C15H25N5O2/c1-11(2)9-20-13(22)12(21)19-10-15(18(4)14(19)16-20)5-7-17(3)8-6-15/h11H,5-10H2,1-4H3. The van der Waals surface area contributed by atoms with Crippen molar-refractivity contribution in [3.8, 4) is 0 Å². The second-order valence-corrected chi connectivity index (χ2v) is 7.16. The number of anilines is 1. The highest BCUT2D eigenvalue weighted by Gasteiger charge is 2.45. The van der Waals surface area contributed by atoms with Crippen LogP contribution in [0.5, 0.6) is 0 Å². The molecule has 1 aromatic rings. The summed E-state index contributed by atoms with van der Waals surface area (Å²) in [5, 5.41) is 4.48. The molecule has 3 rings (SSSR count). The van der Waals surface area contributed by atoms with Gasteiger partial charge in [-0.1, -0.05) is 13.8 Å². The number of nitrogens with zero attached hydrogens (tertiary/aromatic N) is 5. The van der Waals surface area contributed by atoms with E-state index in [0.717, 1.165) is 25.9 Å². The van der Waals surface area contributed by atoms with E-state index in [0.29, 0.717) is 19.0 Å². The Morgan fingerprint density at radius 1 is 1.14 bits per heavy atom. The van der Waals surface area contributed by atoms with Crippen LogP contribution in [0.4, 0.5) is 5.95 Å². The molecule has 0 saturated carbocycles. The van der Waals surface area contributed by atoms with Crippen molar-refractivity contribution < 1.29 is 0 Å². The Hall–Kier alpha value is -1.63. The number of aromatic nitrogens is 3. The Bertz CT molecular complexity index is 682. The smallest absolute Gasteiger partial charge is 0.332 e. The zero-order chi connectivity index (χ0) is 16.1. The quantitative estimate of drug-likeness (QED) is 0.718. The summed E-state index contributed by atoms with van der Waals surface area (Å²) in [7, 11) is 4.12. The van der Waals surface area contributed by atoms with Gasteiger partial charge in [-0.25, -0.2) is 4.68 Å². The van der Waals surface area contributed by atoms with E-state index in [-0.39, 0.29) is 11.5 Å². The Labute approximate surface area is 130 Å². The molecule has 0 aliphatic carbocycles. The largest absolute Gasteiger partial charge is 0.336 e. The molecule has 0 N–H and O–H groups in total. The molecular weight excluding hydrogens is 282 g/mol. The first-order valence-corrected chi connectivity index (χ1v) is 7.98. The van der Waals surface area contributed by atoms with Gasteiger partial charge in [0.1, 0.15) is 0 Å². The van der Waals surface area contributed by atoms with Gasteiger partial charge in [0.15, 0.2) is 0 Å². The molecule has 7 nitrogen and oxygen atoms in total. The molecular formula is C15H25N5O2. The summed E-state index contributed by atoms with van der Waals surface area (Å²) in [5.41, 5.74) is -1.01. The first-order valence-electron chi connectivity index (χ1n) is 7.98. The van der Waals surface area contributed by atoms with Crippen LogP contribution in [0, 0.1) is 5.92 Å². The lowest BCUT2D eigenvalue weighted by Gasteiger charge is -2.42. The van der Waals surface area contributed by atoms with Crippen LogP contribution in [-0.4, -0.2) is 52.0 Å². The Balaban J connectivity index is 2.02. The van der Waals surface area contributed by atoms with Gasteiger partial charge in [0.05, 0.1) is 12.1 Å². The number of likely N-dealkylation sites (tertiary alicyclic amines) is 1. The molecule has 2 aliphatic heterocycles. The van der Waals surface area contributed by atoms with Crippen molar-refractivity contribution in [3.05, 3.63) is 20.7 Å². The molecule has 1 fully saturated rings. The summed E-state index contributed by atoms with van der Waals surface area (Å²) >= 11 is 0. The normalized spacial score (nSPS) is 20.9. The number of hydrogen-bond acceptors (Lipinski definition) is 5. The van der Waals surface area contributed by atoms with E-state index in [1.807, 2.05) is 20.9 Å². The third-order valence-electron chi connectivity index (χ3n) is 5.03. The lowest BCUT2D eigenvalue weighted by Crippen LogP contribution is -2.52. The van der Waals surface area contributed by atoms with Crippen molar-refractivity contribution in [2.75, 3.05) is 32.1 Å². The predicted octanol–water partition coefficient (Wildman–Crippen LogP) is -0.0248. The van der Waals surface area contributed by atoms with Crippen LogP contribution in [0.2, 0.25) is 0 Å². The highest BCUT2D eigenvalue weighted by atomic mass is 16.2. The average molecular weight is 307 g/mol. The van der Waals surface area contributed by atoms with Crippen LogP contribution < -0.4 is 16.0 Å². The lowest BCUT2D eigenvalue weighted by atomic mass is 9.87. The predicted molar refractivity (Wildman–Crippen MR) is 85.5 cm³/mol. The van der Waals surface area contributed by atoms with E-state index >= 15 is 0 Å². The van der Waals surface area contributed by atoms with Crippen LogP contribution >= 0.6 is 0 Å². The van der Waals surface area contributed by atoms with Gasteiger partial charge in [0, 0.05) is 26.7 Å². The third kappa shape index (κ3) is 2.27. The SMILES string of the molecule is CC(C)Cn1nc2n(c(=O)c1=O)CC1(CCN(C)CC1)N2C. The molecule has 3 heterocycles. The minimum absolute atomic E-state index is 0.0743. The second-order valence-electron chi connectivity index (χ2n) is 7.16. The molecule has 7 heteroatoms. The molecule has 0 bridgehead atoms. The highest BCUT2D eigenvalue weighted by Crippen LogP contribution is 2.36. The van der Waals surface area contributed by atoms with Crippen LogP contribution in [0.25, 0.3) is 0 Å². The summed E-state index contributed by atoms with van der Waals surface area (Å²) in [4.78, 5) is 29.1. The third-order valence-corrected chi connectivity index (χ3v) is 5.03. The molecule has 0 unspecified atom stereocenters. The van der Waals surface area contributed by atoms with Gasteiger partial charge in [0.2, 0.25) is 5.95 Å². The number of piperidine rings is 1. The van der Waals surface area contributed by atoms with Gasteiger partial charge in [-0.3, -0.25) is 14.2 Å². The summed E-state index contributed by atoms with van der Waals surface area (Å²) in [5.74, 6) is 0.909. The number of hydrogen-bond donors (Lipinski definition) is 0. The van der Waals surface area contributed by atoms with Crippen molar-refractivity contribution in [1.82, 2.24) is 19.2 Å². The topological polar surface area (TPSA) is 63.4 Å². The van der Waals surface area contributed by atoms with Gasteiger partial charge in [-0.15, -0.1) is 5.10 Å². The molecule has 0 amide bonds. The summed E-state index contributed by atoms with van der Waals surface area (Å²) in [6, 6.07) is 0. The van der Waals surface area contributed by atoms with E-state index in [1.54, 1.807) is 4.57 Å². The van der Waals surface area contributed by atoms with Gasteiger partial charge < -0.3 is 9.80 Å². The van der Waals surface area contributed by atoms with Crippen molar-refractivity contribution in [2.24, 2.45) is 5.92 Å². The highest BCUT2D eigenvalue weighted by molar-refractivity contribution is 5.39. The van der Waals surface area contributed by atoms with E-state index in [9.17, 15) is 9.59 Å². The van der Waals surface area contributed by atoms with Gasteiger partial charge >= 0.3 is 11.1 Å². The summed E-state index contributed by atoms with van der Waals surface area (Å²) in [6.45, 7) is 7.09. The van der Waals surface area contributed by atoms with E-state index in [4.69, 9.17) is 0 Å². The van der Waals surface area contributed by atoms with Crippen molar-refractivity contribution in [3.63, 3.8) is 0 Å². The van der Waals surface area contributed by atoms with E-state index in [2.05, 4.69) is 21.9 Å². The second kappa shape index (κ2) is 5.22. The summed E-state index contributed by atoms with van der Waals surface area (Å²) < 4.78 is 2.91. The van der Waals surface area contributed by atoms with E-state index < -0.39 is 11.1 Å². The van der Waals surface area contributed by atoms with Crippen LogP contribution in [0.15, 0.2) is 9.59 Å². The number of fused-ring (bicyclic) bond motifs is 1. The van der Waals surface area contributed by atoms with Gasteiger partial charge in [-0.05, 0) is 25.8 Å². The molecule has 0 aromatic carbocycles. The van der Waals surface area contributed by atoms with Gasteiger partial charge in [-0.2, -0.15) is 0 Å². The van der Waals surface area contributed by atoms with Crippen molar-refractivity contribution >= 4 is 5.95 Å². The molecule has 0 radical (unpaired) electrons. The van der Waals surface area contributed by atoms with Crippen molar-refractivity contribution in [1.29, 1.82) is 0 Å². The Morgan fingerprint density at radius 3 is 2.36 bits per heavy atom. The fourth-order valence-electron chi connectivity index (χ4n) is 3.53. The Kier molecular flexibility index (Phi) is 3.63. The van der Waals surface area contributed by atoms with Crippen molar-refractivity contribution in [2.45, 2.75) is 45.3 Å². The van der Waals surface area contributed by atoms with Crippen LogP contribution in [0.3, 0.4) is 0 Å². The molecule has 22 heavy (non-hydrogen) atoms. The fraction of sp³-hybridized carbons (Fsp3) is 0.800. The summed E-state index contributed by atoms with van der Waals surface area (Å²) in [6.07, 6.45) is 1.97. The zero-order valence-electron chi connectivity index (χ0n) is 13.9. The molecule has 1 saturated heterocycles. The number of likely N-dealkylation sites (N-methyl/N-ethyl adjacent to an activating group) is 1. The minimum atomic E-state index is -0.504. The van der Waals surface area contributed by atoms with Crippen LogP contribution in [-0.2, 0) is 13.1 Å². The van der Waals surface area contributed by atoms with Crippen LogP contribution in [0.1, 0.15) is 26.7 Å². The minimum Gasteiger partial charge on any atom is -0.336 e.